The summed E-state index contributed by atoms with van der Waals surface area (Å²) >= 11 is 0. The topological polar surface area (TPSA) is 44.1 Å². The molecule has 2 aromatic carbocycles. The summed E-state index contributed by atoms with van der Waals surface area (Å²) in [4.78, 5) is 2.19. The zero-order chi connectivity index (χ0) is 17.0. The molecule has 0 spiro atoms. The normalized spacial score (nSPS) is 15.8. The van der Waals surface area contributed by atoms with Crippen molar-refractivity contribution in [3.05, 3.63) is 71.7 Å². The van der Waals surface area contributed by atoms with Gasteiger partial charge in [-0.05, 0) is 19.8 Å². The maximum atomic E-state index is 14.2. The largest absolute Gasteiger partial charge is 0.374 e. The van der Waals surface area contributed by atoms with Crippen LogP contribution in [0.25, 0.3) is 0 Å². The number of likely N-dealkylation sites (tertiary alicyclic amines) is 1. The van der Waals surface area contributed by atoms with Crippen molar-refractivity contribution >= 4 is 17.8 Å². The lowest BCUT2D eigenvalue weighted by molar-refractivity contribution is 0.426. The van der Waals surface area contributed by atoms with Gasteiger partial charge in [-0.2, -0.15) is 5.26 Å². The third-order valence-electron chi connectivity index (χ3n) is 4.58. The van der Waals surface area contributed by atoms with Crippen molar-refractivity contribution in [2.75, 3.05) is 13.1 Å². The van der Waals surface area contributed by atoms with Crippen LogP contribution in [0.2, 0.25) is 0 Å². The highest BCUT2D eigenvalue weighted by Gasteiger charge is 2.35. The zero-order valence-electron chi connectivity index (χ0n) is 13.9. The Hall–Kier alpha value is -2.30. The average molecular weight is 336 g/mol. The molecule has 24 heavy (non-hydrogen) atoms. The second-order valence-corrected chi connectivity index (χ2v) is 8.72. The van der Waals surface area contributed by atoms with Crippen LogP contribution in [0.3, 0.4) is 0 Å². The Balaban J connectivity index is 2.24. The fourth-order valence-corrected chi connectivity index (χ4v) is 6.00. The van der Waals surface area contributed by atoms with E-state index in [1.54, 1.807) is 0 Å². The van der Waals surface area contributed by atoms with Crippen LogP contribution in [0.15, 0.2) is 71.7 Å². The van der Waals surface area contributed by atoms with Crippen LogP contribution in [0.5, 0.6) is 0 Å². The molecule has 1 fully saturated rings. The molecule has 4 heteroatoms. The Labute approximate surface area is 143 Å². The monoisotopic (exact) mass is 336 g/mol. The van der Waals surface area contributed by atoms with Gasteiger partial charge in [-0.25, -0.2) is 0 Å². The van der Waals surface area contributed by atoms with Crippen molar-refractivity contribution in [2.24, 2.45) is 0 Å². The lowest BCUT2D eigenvalue weighted by atomic mass is 10.4. The van der Waals surface area contributed by atoms with Gasteiger partial charge in [0.05, 0.1) is 0 Å². The first kappa shape index (κ1) is 16.6. The van der Waals surface area contributed by atoms with Crippen molar-refractivity contribution in [2.45, 2.75) is 19.8 Å². The zero-order valence-corrected chi connectivity index (χ0v) is 14.7. The molecule has 0 amide bonds. The molecule has 3 rings (SSSR count). The Morgan fingerprint density at radius 3 is 1.83 bits per heavy atom. The molecule has 0 atom stereocenters. The molecular weight excluding hydrogens is 315 g/mol. The molecule has 0 saturated carbocycles. The molecule has 1 saturated heterocycles. The van der Waals surface area contributed by atoms with Gasteiger partial charge >= 0.3 is 0 Å². The smallest absolute Gasteiger partial charge is 0.182 e. The van der Waals surface area contributed by atoms with Gasteiger partial charge in [0.25, 0.3) is 0 Å². The van der Waals surface area contributed by atoms with E-state index < -0.39 is 7.14 Å². The summed E-state index contributed by atoms with van der Waals surface area (Å²) in [5.74, 6) is 0. The first-order valence-electron chi connectivity index (χ1n) is 8.25. The molecule has 1 heterocycles. The van der Waals surface area contributed by atoms with E-state index in [4.69, 9.17) is 0 Å². The molecular formula is C20H21N2OP. The van der Waals surface area contributed by atoms with Gasteiger partial charge in [-0.15, -0.1) is 0 Å². The summed E-state index contributed by atoms with van der Waals surface area (Å²) in [5.41, 5.74) is 0.853. The van der Waals surface area contributed by atoms with E-state index in [2.05, 4.69) is 11.0 Å². The number of nitriles is 1. The Morgan fingerprint density at radius 2 is 1.42 bits per heavy atom. The van der Waals surface area contributed by atoms with Crippen LogP contribution in [0.1, 0.15) is 19.8 Å². The van der Waals surface area contributed by atoms with Crippen LogP contribution in [-0.2, 0) is 4.57 Å². The highest BCUT2D eigenvalue weighted by Crippen LogP contribution is 2.53. The van der Waals surface area contributed by atoms with Gasteiger partial charge in [-0.1, -0.05) is 60.7 Å². The Morgan fingerprint density at radius 1 is 0.958 bits per heavy atom. The molecule has 0 radical (unpaired) electrons. The number of nitrogens with zero attached hydrogens (tertiary/aromatic N) is 2. The van der Waals surface area contributed by atoms with Crippen LogP contribution in [0, 0.1) is 11.3 Å². The fourth-order valence-electron chi connectivity index (χ4n) is 3.26. The van der Waals surface area contributed by atoms with Crippen LogP contribution >= 0.6 is 7.14 Å². The quantitative estimate of drug-likeness (QED) is 0.629. The molecule has 0 N–H and O–H groups in total. The molecule has 1 aliphatic heterocycles. The van der Waals surface area contributed by atoms with Crippen molar-refractivity contribution < 1.29 is 4.57 Å². The third-order valence-corrected chi connectivity index (χ3v) is 7.69. The lowest BCUT2D eigenvalue weighted by Crippen LogP contribution is -2.23. The second-order valence-electron chi connectivity index (χ2n) is 6.02. The van der Waals surface area contributed by atoms with E-state index in [9.17, 15) is 9.83 Å². The first-order valence-corrected chi connectivity index (χ1v) is 9.96. The van der Waals surface area contributed by atoms with Gasteiger partial charge < -0.3 is 9.46 Å². The SMILES string of the molecule is C/C(=C(\C#N)P(=O)(c1ccccc1)c1ccccc1)N1CCCC1. The summed E-state index contributed by atoms with van der Waals surface area (Å²) in [5, 5.41) is 11.7. The molecule has 0 unspecified atom stereocenters. The third kappa shape index (κ3) is 2.90. The minimum atomic E-state index is -3.17. The van der Waals surface area contributed by atoms with E-state index >= 15 is 0 Å². The van der Waals surface area contributed by atoms with Crippen LogP contribution < -0.4 is 10.6 Å². The summed E-state index contributed by atoms with van der Waals surface area (Å²) in [6.45, 7) is 3.80. The average Bonchev–Trinajstić information content (AvgIpc) is 3.18. The molecule has 122 valence electrons. The number of hydrogen-bond acceptors (Lipinski definition) is 3. The molecule has 3 nitrogen and oxygen atoms in total. The standard InChI is InChI=1S/C20H21N2OP/c1-17(22-14-8-9-15-22)20(16-21)24(23,18-10-4-2-5-11-18)19-12-6-3-7-13-19/h2-7,10-13H,8-9,14-15H2,1H3/b20-17-. The Kier molecular flexibility index (Phi) is 4.88. The number of allylic oxidation sites excluding steroid dienone is 2. The van der Waals surface area contributed by atoms with E-state index in [1.807, 2.05) is 67.6 Å². The summed E-state index contributed by atoms with van der Waals surface area (Å²) in [7, 11) is -3.17. The van der Waals surface area contributed by atoms with Crippen LogP contribution in [-0.4, -0.2) is 18.0 Å². The number of rotatable bonds is 4. The Bertz CT molecular complexity index is 772. The highest BCUT2D eigenvalue weighted by molar-refractivity contribution is 7.82. The van der Waals surface area contributed by atoms with E-state index in [0.717, 1.165) is 31.6 Å². The summed E-state index contributed by atoms with van der Waals surface area (Å²) in [6.07, 6.45) is 2.24. The van der Waals surface area contributed by atoms with Crippen LogP contribution in [0.4, 0.5) is 0 Å². The van der Waals surface area contributed by atoms with E-state index in [-0.39, 0.29) is 0 Å². The second kappa shape index (κ2) is 7.07. The van der Waals surface area contributed by atoms with Gasteiger partial charge in [0.2, 0.25) is 0 Å². The van der Waals surface area contributed by atoms with E-state index in [0.29, 0.717) is 15.9 Å². The summed E-state index contributed by atoms with van der Waals surface area (Å²) < 4.78 is 14.2. The molecule has 2 aromatic rings. The number of benzene rings is 2. The predicted octanol–water partition coefficient (Wildman–Crippen LogP) is 3.85. The van der Waals surface area contributed by atoms with Gasteiger partial charge in [0.15, 0.2) is 7.14 Å². The van der Waals surface area contributed by atoms with Gasteiger partial charge in [0, 0.05) is 29.4 Å². The van der Waals surface area contributed by atoms with Crippen molar-refractivity contribution in [1.29, 1.82) is 5.26 Å². The van der Waals surface area contributed by atoms with Crippen molar-refractivity contribution in [3.8, 4) is 6.07 Å². The van der Waals surface area contributed by atoms with E-state index in [1.165, 1.54) is 0 Å². The fraction of sp³-hybridized carbons (Fsp3) is 0.250. The molecule has 1 aliphatic rings. The number of hydrogen-bond donors (Lipinski definition) is 0. The molecule has 0 aliphatic carbocycles. The highest BCUT2D eigenvalue weighted by atomic mass is 31.2. The maximum Gasteiger partial charge on any atom is 0.182 e. The summed E-state index contributed by atoms with van der Waals surface area (Å²) in [6, 6.07) is 21.1. The molecule has 0 aromatic heterocycles. The van der Waals surface area contributed by atoms with Crippen molar-refractivity contribution in [1.82, 2.24) is 4.90 Å². The predicted molar refractivity (Wildman–Crippen MR) is 98.9 cm³/mol. The minimum Gasteiger partial charge on any atom is -0.374 e. The maximum absolute atomic E-state index is 14.2. The molecule has 0 bridgehead atoms. The minimum absolute atomic E-state index is 0.404. The van der Waals surface area contributed by atoms with Crippen molar-refractivity contribution in [3.63, 3.8) is 0 Å². The van der Waals surface area contributed by atoms with Gasteiger partial charge in [0.1, 0.15) is 11.4 Å². The first-order chi connectivity index (χ1) is 11.7. The lowest BCUT2D eigenvalue weighted by Gasteiger charge is -2.25. The van der Waals surface area contributed by atoms with Gasteiger partial charge in [-0.3, -0.25) is 0 Å².